The van der Waals surface area contributed by atoms with Crippen LogP contribution in [0.4, 0.5) is 17.1 Å². The number of nitrogens with two attached hydrogens (primary N) is 1. The number of methoxy groups -OCH3 is 1. The molecule has 0 fully saturated rings. The maximum absolute atomic E-state index is 5.88. The molecule has 0 saturated carbocycles. The zero-order valence-corrected chi connectivity index (χ0v) is 12.1. The van der Waals surface area contributed by atoms with E-state index in [4.69, 9.17) is 15.2 Å². The van der Waals surface area contributed by atoms with Crippen LogP contribution in [0.2, 0.25) is 0 Å². The second kappa shape index (κ2) is 6.19. The summed E-state index contributed by atoms with van der Waals surface area (Å²) in [5.41, 5.74) is 9.51. The van der Waals surface area contributed by atoms with Gasteiger partial charge in [-0.2, -0.15) is 0 Å². The fourth-order valence-corrected chi connectivity index (χ4v) is 2.07. The van der Waals surface area contributed by atoms with E-state index in [1.807, 2.05) is 50.2 Å². The molecule has 0 unspecified atom stereocenters. The molecule has 4 heteroatoms. The lowest BCUT2D eigenvalue weighted by Crippen LogP contribution is -1.97. The molecule has 0 aromatic heterocycles. The van der Waals surface area contributed by atoms with Crippen molar-refractivity contribution in [2.75, 3.05) is 24.8 Å². The number of nitrogen functional groups attached to an aromatic ring is 1. The Bertz CT molecular complexity index is 597. The maximum Gasteiger partial charge on any atom is 0.123 e. The Morgan fingerprint density at radius 3 is 2.55 bits per heavy atom. The van der Waals surface area contributed by atoms with Crippen LogP contribution >= 0.6 is 0 Å². The molecule has 2 aromatic rings. The maximum atomic E-state index is 5.88. The highest BCUT2D eigenvalue weighted by Crippen LogP contribution is 2.28. The first-order valence-electron chi connectivity index (χ1n) is 6.57. The standard InChI is InChI=1S/C16H20N2O2/c1-4-20-15-9-12(17)8-14(10-15)18-13-5-6-16(19-3)11(2)7-13/h5-10,18H,4,17H2,1-3H3. The molecule has 0 aliphatic carbocycles. The van der Waals surface area contributed by atoms with Gasteiger partial charge in [-0.3, -0.25) is 0 Å². The number of nitrogens with one attached hydrogen (secondary N) is 1. The van der Waals surface area contributed by atoms with E-state index in [-0.39, 0.29) is 0 Å². The monoisotopic (exact) mass is 272 g/mol. The molecule has 20 heavy (non-hydrogen) atoms. The van der Waals surface area contributed by atoms with Gasteiger partial charge in [0.15, 0.2) is 0 Å². The van der Waals surface area contributed by atoms with Gasteiger partial charge in [0, 0.05) is 29.2 Å². The molecular weight excluding hydrogens is 252 g/mol. The van der Waals surface area contributed by atoms with Crippen LogP contribution in [0.25, 0.3) is 0 Å². The van der Waals surface area contributed by atoms with Crippen LogP contribution in [0.3, 0.4) is 0 Å². The van der Waals surface area contributed by atoms with Gasteiger partial charge in [-0.25, -0.2) is 0 Å². The summed E-state index contributed by atoms with van der Waals surface area (Å²) >= 11 is 0. The van der Waals surface area contributed by atoms with Gasteiger partial charge in [0.25, 0.3) is 0 Å². The normalized spacial score (nSPS) is 10.2. The van der Waals surface area contributed by atoms with Gasteiger partial charge in [-0.05, 0) is 43.7 Å². The average Bonchev–Trinajstić information content (AvgIpc) is 2.38. The minimum Gasteiger partial charge on any atom is -0.496 e. The second-order valence-electron chi connectivity index (χ2n) is 4.53. The Hall–Kier alpha value is -2.36. The van der Waals surface area contributed by atoms with Gasteiger partial charge in [0.1, 0.15) is 11.5 Å². The van der Waals surface area contributed by atoms with Crippen molar-refractivity contribution < 1.29 is 9.47 Å². The summed E-state index contributed by atoms with van der Waals surface area (Å²) in [4.78, 5) is 0. The zero-order chi connectivity index (χ0) is 14.5. The third-order valence-electron chi connectivity index (χ3n) is 2.92. The van der Waals surface area contributed by atoms with Crippen molar-refractivity contribution in [1.29, 1.82) is 0 Å². The Balaban J connectivity index is 2.23. The van der Waals surface area contributed by atoms with Crippen LogP contribution in [-0.2, 0) is 0 Å². The minimum absolute atomic E-state index is 0.616. The van der Waals surface area contributed by atoms with E-state index in [9.17, 15) is 0 Å². The van der Waals surface area contributed by atoms with Gasteiger partial charge in [0.2, 0.25) is 0 Å². The fraction of sp³-hybridized carbons (Fsp3) is 0.250. The van der Waals surface area contributed by atoms with Gasteiger partial charge in [-0.1, -0.05) is 0 Å². The molecule has 0 aliphatic rings. The molecule has 0 spiro atoms. The number of anilines is 3. The second-order valence-corrected chi connectivity index (χ2v) is 4.53. The van der Waals surface area contributed by atoms with Crippen molar-refractivity contribution in [2.45, 2.75) is 13.8 Å². The van der Waals surface area contributed by atoms with Crippen LogP contribution in [0.5, 0.6) is 11.5 Å². The third-order valence-corrected chi connectivity index (χ3v) is 2.92. The first-order chi connectivity index (χ1) is 9.62. The third kappa shape index (κ3) is 3.35. The fourth-order valence-electron chi connectivity index (χ4n) is 2.07. The van der Waals surface area contributed by atoms with Crippen LogP contribution in [0.15, 0.2) is 36.4 Å². The van der Waals surface area contributed by atoms with Crippen molar-refractivity contribution in [2.24, 2.45) is 0 Å². The number of hydrogen-bond donors (Lipinski definition) is 2. The first kappa shape index (κ1) is 14.1. The molecular formula is C16H20N2O2. The van der Waals surface area contributed by atoms with E-state index in [0.29, 0.717) is 12.3 Å². The molecule has 2 aromatic carbocycles. The molecule has 0 atom stereocenters. The van der Waals surface area contributed by atoms with E-state index in [2.05, 4.69) is 5.32 Å². The lowest BCUT2D eigenvalue weighted by molar-refractivity contribution is 0.340. The highest BCUT2D eigenvalue weighted by molar-refractivity contribution is 5.67. The van der Waals surface area contributed by atoms with Crippen LogP contribution < -0.4 is 20.5 Å². The summed E-state index contributed by atoms with van der Waals surface area (Å²) in [5.74, 6) is 1.64. The summed E-state index contributed by atoms with van der Waals surface area (Å²) in [6, 6.07) is 11.6. The topological polar surface area (TPSA) is 56.5 Å². The summed E-state index contributed by atoms with van der Waals surface area (Å²) in [6.07, 6.45) is 0. The van der Waals surface area contributed by atoms with E-state index >= 15 is 0 Å². The summed E-state index contributed by atoms with van der Waals surface area (Å²) in [5, 5.41) is 3.32. The molecule has 0 heterocycles. The predicted octanol–water partition coefficient (Wildman–Crippen LogP) is 3.73. The smallest absolute Gasteiger partial charge is 0.123 e. The molecule has 3 N–H and O–H groups in total. The van der Waals surface area contributed by atoms with Crippen molar-refractivity contribution in [3.05, 3.63) is 42.0 Å². The van der Waals surface area contributed by atoms with Crippen LogP contribution in [-0.4, -0.2) is 13.7 Å². The van der Waals surface area contributed by atoms with Gasteiger partial charge >= 0.3 is 0 Å². The summed E-state index contributed by atoms with van der Waals surface area (Å²) < 4.78 is 10.7. The highest BCUT2D eigenvalue weighted by atomic mass is 16.5. The van der Waals surface area contributed by atoms with E-state index in [1.165, 1.54) is 0 Å². The number of aryl methyl sites for hydroxylation is 1. The molecule has 0 radical (unpaired) electrons. The van der Waals surface area contributed by atoms with E-state index in [0.717, 1.165) is 28.4 Å². The summed E-state index contributed by atoms with van der Waals surface area (Å²) in [6.45, 7) is 4.57. The van der Waals surface area contributed by atoms with Crippen molar-refractivity contribution in [3.8, 4) is 11.5 Å². The molecule has 4 nitrogen and oxygen atoms in total. The average molecular weight is 272 g/mol. The quantitative estimate of drug-likeness (QED) is 0.814. The Morgan fingerprint density at radius 1 is 1.10 bits per heavy atom. The number of benzene rings is 2. The molecule has 0 aliphatic heterocycles. The highest BCUT2D eigenvalue weighted by Gasteiger charge is 2.03. The lowest BCUT2D eigenvalue weighted by atomic mass is 10.2. The molecule has 106 valence electrons. The number of ether oxygens (including phenoxy) is 2. The Morgan fingerprint density at radius 2 is 1.90 bits per heavy atom. The van der Waals surface area contributed by atoms with Crippen molar-refractivity contribution in [3.63, 3.8) is 0 Å². The van der Waals surface area contributed by atoms with E-state index in [1.54, 1.807) is 7.11 Å². The zero-order valence-electron chi connectivity index (χ0n) is 12.1. The van der Waals surface area contributed by atoms with Gasteiger partial charge in [0.05, 0.1) is 13.7 Å². The van der Waals surface area contributed by atoms with Crippen molar-refractivity contribution >= 4 is 17.1 Å². The van der Waals surface area contributed by atoms with Gasteiger partial charge < -0.3 is 20.5 Å². The largest absolute Gasteiger partial charge is 0.496 e. The molecule has 0 amide bonds. The minimum atomic E-state index is 0.616. The number of hydrogen-bond acceptors (Lipinski definition) is 4. The van der Waals surface area contributed by atoms with Crippen molar-refractivity contribution in [1.82, 2.24) is 0 Å². The summed E-state index contributed by atoms with van der Waals surface area (Å²) in [7, 11) is 1.67. The van der Waals surface area contributed by atoms with Crippen LogP contribution in [0.1, 0.15) is 12.5 Å². The Kier molecular flexibility index (Phi) is 4.35. The lowest BCUT2D eigenvalue weighted by Gasteiger charge is -2.12. The van der Waals surface area contributed by atoms with Gasteiger partial charge in [-0.15, -0.1) is 0 Å². The Labute approximate surface area is 119 Å². The van der Waals surface area contributed by atoms with Crippen LogP contribution in [0, 0.1) is 6.92 Å². The predicted molar refractivity (Wildman–Crippen MR) is 83.0 cm³/mol. The molecule has 0 saturated heterocycles. The molecule has 0 bridgehead atoms. The number of rotatable bonds is 5. The molecule has 2 rings (SSSR count). The van der Waals surface area contributed by atoms with E-state index < -0.39 is 0 Å². The SMILES string of the molecule is CCOc1cc(N)cc(Nc2ccc(OC)c(C)c2)c1. The first-order valence-corrected chi connectivity index (χ1v) is 6.57.